The number of hydrogen-bond donors (Lipinski definition) is 1. The Labute approximate surface area is 114 Å². The van der Waals surface area contributed by atoms with Crippen molar-refractivity contribution in [2.24, 2.45) is 10.2 Å². The van der Waals surface area contributed by atoms with Crippen LogP contribution in [-0.4, -0.2) is 29.3 Å². The number of aliphatic imine (C=N–C) groups is 1. The van der Waals surface area contributed by atoms with E-state index in [1.807, 2.05) is 18.2 Å². The highest BCUT2D eigenvalue weighted by Gasteiger charge is 2.27. The maximum atomic E-state index is 11.7. The molecule has 0 aromatic heterocycles. The molecule has 2 heterocycles. The molecule has 1 aromatic carbocycles. The van der Waals surface area contributed by atoms with Gasteiger partial charge in [0.25, 0.3) is 0 Å². The van der Waals surface area contributed by atoms with Gasteiger partial charge in [-0.2, -0.15) is 0 Å². The molecule has 1 N–H and O–H groups in total. The molecule has 2 aliphatic heterocycles. The van der Waals surface area contributed by atoms with Gasteiger partial charge in [-0.3, -0.25) is 9.79 Å². The van der Waals surface area contributed by atoms with Crippen LogP contribution in [0.3, 0.4) is 0 Å². The van der Waals surface area contributed by atoms with E-state index in [-0.39, 0.29) is 6.04 Å². The molecule has 5 nitrogen and oxygen atoms in total. The van der Waals surface area contributed by atoms with E-state index in [1.165, 1.54) is 0 Å². The number of carbonyl (C=O) groups excluding carboxylic acids is 1. The highest BCUT2D eigenvalue weighted by atomic mass is 32.2. The summed E-state index contributed by atoms with van der Waals surface area (Å²) in [6.45, 7) is 0.795. The Morgan fingerprint density at radius 3 is 3.00 bits per heavy atom. The van der Waals surface area contributed by atoms with Crippen LogP contribution in [0.2, 0.25) is 0 Å². The van der Waals surface area contributed by atoms with Crippen LogP contribution in [0.5, 0.6) is 0 Å². The van der Waals surface area contributed by atoms with Crippen LogP contribution < -0.4 is 5.32 Å². The first-order valence-electron chi connectivity index (χ1n) is 5.92. The van der Waals surface area contributed by atoms with E-state index in [1.54, 1.807) is 23.9 Å². The molecule has 3 rings (SSSR count). The second-order valence-corrected chi connectivity index (χ2v) is 5.33. The molecule has 0 saturated carbocycles. The van der Waals surface area contributed by atoms with E-state index >= 15 is 0 Å². The average molecular weight is 273 g/mol. The number of para-hydroxylation sites is 1. The first-order valence-corrected chi connectivity index (χ1v) is 6.91. The summed E-state index contributed by atoms with van der Waals surface area (Å²) in [5.41, 5.74) is 1.90. The first-order chi connectivity index (χ1) is 9.29. The number of carbonyl (C=O) groups is 1. The SMILES string of the molecule is O=NC(=O)C1=CC(C2=NCCS2)Nc2ccccc21. The Hall–Kier alpha value is -1.95. The number of anilines is 1. The highest BCUT2D eigenvalue weighted by Crippen LogP contribution is 2.32. The normalized spacial score (nSPS) is 20.9. The summed E-state index contributed by atoms with van der Waals surface area (Å²) < 4.78 is 0. The van der Waals surface area contributed by atoms with Crippen LogP contribution in [0.1, 0.15) is 5.56 Å². The van der Waals surface area contributed by atoms with Crippen LogP contribution in [0.15, 0.2) is 40.5 Å². The summed E-state index contributed by atoms with van der Waals surface area (Å²) in [6, 6.07) is 7.25. The van der Waals surface area contributed by atoms with Crippen molar-refractivity contribution >= 4 is 34.0 Å². The van der Waals surface area contributed by atoms with Crippen LogP contribution in [0, 0.1) is 4.91 Å². The fourth-order valence-electron chi connectivity index (χ4n) is 2.22. The zero-order chi connectivity index (χ0) is 13.2. The summed E-state index contributed by atoms with van der Waals surface area (Å²) in [6.07, 6.45) is 1.74. The van der Waals surface area contributed by atoms with E-state index in [0.717, 1.165) is 23.0 Å². The second-order valence-electron chi connectivity index (χ2n) is 4.21. The molecule has 6 heteroatoms. The predicted octanol–water partition coefficient (Wildman–Crippen LogP) is 2.30. The fourth-order valence-corrected chi connectivity index (χ4v) is 3.10. The van der Waals surface area contributed by atoms with Gasteiger partial charge in [-0.05, 0) is 12.1 Å². The Bertz CT molecular complexity index is 610. The van der Waals surface area contributed by atoms with Crippen LogP contribution in [0.4, 0.5) is 5.69 Å². The Morgan fingerprint density at radius 1 is 1.42 bits per heavy atom. The Kier molecular flexibility index (Phi) is 3.16. The summed E-state index contributed by atoms with van der Waals surface area (Å²) >= 11 is 1.67. The van der Waals surface area contributed by atoms with Gasteiger partial charge >= 0.3 is 5.91 Å². The third-order valence-electron chi connectivity index (χ3n) is 3.05. The smallest absolute Gasteiger partial charge is 0.317 e. The minimum absolute atomic E-state index is 0.150. The van der Waals surface area contributed by atoms with Gasteiger partial charge in [0, 0.05) is 28.7 Å². The standard InChI is InChI=1S/C13H11N3O2S/c17-12(16-18)9-7-11(13-14-5-6-19-13)15-10-4-2-1-3-8(9)10/h1-4,7,11,15H,5-6H2. The van der Waals surface area contributed by atoms with E-state index < -0.39 is 5.91 Å². The number of nitrogens with one attached hydrogen (secondary N) is 1. The molecule has 19 heavy (non-hydrogen) atoms. The van der Waals surface area contributed by atoms with E-state index in [4.69, 9.17) is 0 Å². The number of nitroso groups, excluding NO2 is 1. The van der Waals surface area contributed by atoms with Crippen molar-refractivity contribution in [1.82, 2.24) is 0 Å². The Balaban J connectivity index is 2.05. The van der Waals surface area contributed by atoms with Gasteiger partial charge in [0.2, 0.25) is 0 Å². The largest absolute Gasteiger partial charge is 0.372 e. The second kappa shape index (κ2) is 4.97. The summed E-state index contributed by atoms with van der Waals surface area (Å²) in [7, 11) is 0. The lowest BCUT2D eigenvalue weighted by molar-refractivity contribution is -0.112. The maximum absolute atomic E-state index is 11.7. The quantitative estimate of drug-likeness (QED) is 0.839. The van der Waals surface area contributed by atoms with Gasteiger partial charge in [-0.1, -0.05) is 18.2 Å². The molecule has 0 spiro atoms. The van der Waals surface area contributed by atoms with Gasteiger partial charge in [-0.25, -0.2) is 0 Å². The number of hydrogen-bond acceptors (Lipinski definition) is 5. The summed E-state index contributed by atoms with van der Waals surface area (Å²) in [5, 5.41) is 6.81. The van der Waals surface area contributed by atoms with E-state index in [9.17, 15) is 9.70 Å². The molecule has 0 radical (unpaired) electrons. The first kappa shape index (κ1) is 12.1. The van der Waals surface area contributed by atoms with Crippen LogP contribution in [0.25, 0.3) is 5.57 Å². The van der Waals surface area contributed by atoms with Crippen molar-refractivity contribution in [3.05, 3.63) is 40.8 Å². The zero-order valence-corrected chi connectivity index (χ0v) is 10.8. The minimum Gasteiger partial charge on any atom is -0.372 e. The number of thioether (sulfide) groups is 1. The number of benzene rings is 1. The molecule has 1 amide bonds. The van der Waals surface area contributed by atoms with Gasteiger partial charge in [0.15, 0.2) is 0 Å². The van der Waals surface area contributed by atoms with Gasteiger partial charge in [-0.15, -0.1) is 16.7 Å². The number of amides is 1. The van der Waals surface area contributed by atoms with Crippen molar-refractivity contribution in [2.45, 2.75) is 6.04 Å². The molecule has 2 aliphatic rings. The molecule has 0 fully saturated rings. The predicted molar refractivity (Wildman–Crippen MR) is 77.4 cm³/mol. The highest BCUT2D eigenvalue weighted by molar-refractivity contribution is 8.14. The molecular weight excluding hydrogens is 262 g/mol. The molecule has 1 unspecified atom stereocenters. The van der Waals surface area contributed by atoms with Gasteiger partial charge in [0.1, 0.15) is 0 Å². The third-order valence-corrected chi connectivity index (χ3v) is 4.12. The lowest BCUT2D eigenvalue weighted by Gasteiger charge is -2.24. The molecular formula is C13H11N3O2S. The molecule has 1 aromatic rings. The minimum atomic E-state index is -0.734. The van der Waals surface area contributed by atoms with Gasteiger partial charge < -0.3 is 5.32 Å². The zero-order valence-electron chi connectivity index (χ0n) is 10.00. The molecule has 1 atom stereocenters. The summed E-state index contributed by atoms with van der Waals surface area (Å²) in [4.78, 5) is 26.6. The van der Waals surface area contributed by atoms with Gasteiger partial charge in [0.05, 0.1) is 16.7 Å². The monoisotopic (exact) mass is 273 g/mol. The Morgan fingerprint density at radius 2 is 2.26 bits per heavy atom. The number of nitrogens with zero attached hydrogens (tertiary/aromatic N) is 2. The average Bonchev–Trinajstić information content (AvgIpc) is 2.99. The lowest BCUT2D eigenvalue weighted by atomic mass is 9.96. The van der Waals surface area contributed by atoms with Crippen molar-refractivity contribution in [3.63, 3.8) is 0 Å². The van der Waals surface area contributed by atoms with Crippen molar-refractivity contribution in [2.75, 3.05) is 17.6 Å². The number of fused-ring (bicyclic) bond motifs is 1. The van der Waals surface area contributed by atoms with Crippen molar-refractivity contribution in [1.29, 1.82) is 0 Å². The van der Waals surface area contributed by atoms with E-state index in [0.29, 0.717) is 11.1 Å². The van der Waals surface area contributed by atoms with Crippen molar-refractivity contribution in [3.8, 4) is 0 Å². The maximum Gasteiger partial charge on any atom is 0.317 e. The topological polar surface area (TPSA) is 70.9 Å². The fraction of sp³-hybridized carbons (Fsp3) is 0.231. The molecule has 96 valence electrons. The number of rotatable bonds is 2. The molecule has 0 aliphatic carbocycles. The molecule has 0 saturated heterocycles. The van der Waals surface area contributed by atoms with Crippen LogP contribution in [-0.2, 0) is 4.79 Å². The van der Waals surface area contributed by atoms with Crippen molar-refractivity contribution < 1.29 is 4.79 Å². The summed E-state index contributed by atoms with van der Waals surface area (Å²) in [5.74, 6) is 0.223. The van der Waals surface area contributed by atoms with E-state index in [2.05, 4.69) is 15.5 Å². The van der Waals surface area contributed by atoms with Crippen LogP contribution >= 0.6 is 11.8 Å². The molecule has 0 bridgehead atoms. The third kappa shape index (κ3) is 2.19. The lowest BCUT2D eigenvalue weighted by Crippen LogP contribution is -2.29.